The van der Waals surface area contributed by atoms with E-state index in [4.69, 9.17) is 0 Å². The summed E-state index contributed by atoms with van der Waals surface area (Å²) in [7, 11) is -3.55. The van der Waals surface area contributed by atoms with Gasteiger partial charge in [0.2, 0.25) is 10.0 Å². The number of anilines is 1. The summed E-state index contributed by atoms with van der Waals surface area (Å²) < 4.78 is 38.2. The van der Waals surface area contributed by atoms with E-state index in [1.54, 1.807) is 0 Å². The van der Waals surface area contributed by atoms with E-state index < -0.39 is 21.7 Å². The Morgan fingerprint density at radius 3 is 2.82 bits per heavy atom. The van der Waals surface area contributed by atoms with Crippen molar-refractivity contribution in [2.75, 3.05) is 30.6 Å². The van der Waals surface area contributed by atoms with Crippen LogP contribution in [0.25, 0.3) is 0 Å². The van der Waals surface area contributed by atoms with E-state index in [1.807, 2.05) is 6.08 Å². The number of benzene rings is 1. The van der Waals surface area contributed by atoms with Gasteiger partial charge in [-0.15, -0.1) is 0 Å². The van der Waals surface area contributed by atoms with Gasteiger partial charge in [0, 0.05) is 13.1 Å². The minimum absolute atomic E-state index is 0.0417. The van der Waals surface area contributed by atoms with E-state index >= 15 is 0 Å². The first-order valence-corrected chi connectivity index (χ1v) is 8.68. The molecule has 0 fully saturated rings. The first kappa shape index (κ1) is 16.4. The molecule has 0 radical (unpaired) electrons. The molecule has 120 valence electrons. The molecule has 0 saturated carbocycles. The van der Waals surface area contributed by atoms with Crippen molar-refractivity contribution in [1.29, 1.82) is 0 Å². The van der Waals surface area contributed by atoms with Gasteiger partial charge in [-0.25, -0.2) is 12.8 Å². The zero-order valence-electron chi connectivity index (χ0n) is 12.1. The molecule has 0 atom stereocenters. The van der Waals surface area contributed by atoms with Crippen LogP contribution in [-0.4, -0.2) is 40.2 Å². The van der Waals surface area contributed by atoms with E-state index in [0.717, 1.165) is 43.5 Å². The lowest BCUT2D eigenvalue weighted by Gasteiger charge is -2.15. The average molecular weight is 327 g/mol. The summed E-state index contributed by atoms with van der Waals surface area (Å²) in [4.78, 5) is 12.2. The van der Waals surface area contributed by atoms with E-state index in [-0.39, 0.29) is 11.3 Å². The lowest BCUT2D eigenvalue weighted by Crippen LogP contribution is -2.30. The molecule has 0 aromatic heterocycles. The fourth-order valence-electron chi connectivity index (χ4n) is 2.11. The molecule has 0 unspecified atom stereocenters. The molecule has 2 rings (SSSR count). The van der Waals surface area contributed by atoms with Crippen molar-refractivity contribution in [3.8, 4) is 0 Å². The fraction of sp³-hybridized carbons (Fsp3) is 0.357. The summed E-state index contributed by atoms with van der Waals surface area (Å²) in [6.45, 7) is 1.96. The zero-order valence-corrected chi connectivity index (χ0v) is 13.0. The van der Waals surface area contributed by atoms with Crippen molar-refractivity contribution in [3.63, 3.8) is 0 Å². The Bertz CT molecular complexity index is 701. The SMILES string of the molecule is CS(=O)(=O)Nc1ccc(F)cc1C(=O)NCC1=CCNCC1. The number of hydrogen-bond acceptors (Lipinski definition) is 4. The Hall–Kier alpha value is -1.93. The smallest absolute Gasteiger partial charge is 0.253 e. The van der Waals surface area contributed by atoms with Gasteiger partial charge < -0.3 is 10.6 Å². The normalized spacial score (nSPS) is 15.1. The van der Waals surface area contributed by atoms with Crippen molar-refractivity contribution < 1.29 is 17.6 Å². The van der Waals surface area contributed by atoms with Crippen LogP contribution >= 0.6 is 0 Å². The van der Waals surface area contributed by atoms with Crippen molar-refractivity contribution in [2.45, 2.75) is 6.42 Å². The van der Waals surface area contributed by atoms with Gasteiger partial charge in [0.05, 0.1) is 17.5 Å². The van der Waals surface area contributed by atoms with Gasteiger partial charge in [0.1, 0.15) is 5.82 Å². The molecule has 1 aliphatic heterocycles. The summed E-state index contributed by atoms with van der Waals surface area (Å²) in [5.41, 5.74) is 1.10. The highest BCUT2D eigenvalue weighted by Crippen LogP contribution is 2.18. The number of sulfonamides is 1. The Morgan fingerprint density at radius 1 is 1.41 bits per heavy atom. The standard InChI is InChI=1S/C14H18FN3O3S/c1-22(20,21)18-13-3-2-11(15)8-12(13)14(19)17-9-10-4-6-16-7-5-10/h2-4,8,16,18H,5-7,9H2,1H3,(H,17,19). The number of carbonyl (C=O) groups excluding carboxylic acids is 1. The minimum Gasteiger partial charge on any atom is -0.348 e. The molecule has 6 nitrogen and oxygen atoms in total. The van der Waals surface area contributed by atoms with Gasteiger partial charge in [0.25, 0.3) is 5.91 Å². The summed E-state index contributed by atoms with van der Waals surface area (Å²) in [6, 6.07) is 3.34. The van der Waals surface area contributed by atoms with Crippen LogP contribution in [0.5, 0.6) is 0 Å². The van der Waals surface area contributed by atoms with Crippen LogP contribution < -0.4 is 15.4 Å². The molecule has 0 spiro atoms. The Kier molecular flexibility index (Phi) is 5.15. The van der Waals surface area contributed by atoms with E-state index in [9.17, 15) is 17.6 Å². The Morgan fingerprint density at radius 2 is 2.18 bits per heavy atom. The molecular formula is C14H18FN3O3S. The van der Waals surface area contributed by atoms with Gasteiger partial charge in [-0.05, 0) is 31.2 Å². The number of amides is 1. The molecule has 0 bridgehead atoms. The molecule has 3 N–H and O–H groups in total. The highest BCUT2D eigenvalue weighted by molar-refractivity contribution is 7.92. The topological polar surface area (TPSA) is 87.3 Å². The van der Waals surface area contributed by atoms with Gasteiger partial charge >= 0.3 is 0 Å². The van der Waals surface area contributed by atoms with Crippen molar-refractivity contribution in [3.05, 3.63) is 41.2 Å². The van der Waals surface area contributed by atoms with Crippen LogP contribution in [0.2, 0.25) is 0 Å². The predicted molar refractivity (Wildman–Crippen MR) is 82.8 cm³/mol. The van der Waals surface area contributed by atoms with Crippen LogP contribution in [0.4, 0.5) is 10.1 Å². The maximum Gasteiger partial charge on any atom is 0.253 e. The van der Waals surface area contributed by atoms with E-state index in [0.29, 0.717) is 6.54 Å². The van der Waals surface area contributed by atoms with Crippen molar-refractivity contribution >= 4 is 21.6 Å². The van der Waals surface area contributed by atoms with Crippen molar-refractivity contribution in [1.82, 2.24) is 10.6 Å². The first-order chi connectivity index (χ1) is 10.3. The van der Waals surface area contributed by atoms with Crippen LogP contribution in [0.3, 0.4) is 0 Å². The lowest BCUT2D eigenvalue weighted by molar-refractivity contribution is 0.0957. The van der Waals surface area contributed by atoms with Gasteiger partial charge in [-0.2, -0.15) is 0 Å². The maximum absolute atomic E-state index is 13.4. The molecule has 1 amide bonds. The molecule has 0 aliphatic carbocycles. The number of hydrogen-bond donors (Lipinski definition) is 3. The summed E-state index contributed by atoms with van der Waals surface area (Å²) >= 11 is 0. The molecule has 0 saturated heterocycles. The van der Waals surface area contributed by atoms with Gasteiger partial charge in [0.15, 0.2) is 0 Å². The second-order valence-electron chi connectivity index (χ2n) is 5.06. The molecule has 22 heavy (non-hydrogen) atoms. The lowest BCUT2D eigenvalue weighted by atomic mass is 10.1. The van der Waals surface area contributed by atoms with Crippen LogP contribution in [-0.2, 0) is 10.0 Å². The first-order valence-electron chi connectivity index (χ1n) is 6.79. The molecule has 8 heteroatoms. The summed E-state index contributed by atoms with van der Waals surface area (Å²) in [5, 5.41) is 5.85. The number of halogens is 1. The second-order valence-corrected chi connectivity index (χ2v) is 6.81. The summed E-state index contributed by atoms with van der Waals surface area (Å²) in [5.74, 6) is -1.13. The van der Waals surface area contributed by atoms with E-state index in [2.05, 4.69) is 15.4 Å². The highest BCUT2D eigenvalue weighted by atomic mass is 32.2. The molecule has 1 heterocycles. The molecule has 1 aliphatic rings. The molecule has 1 aromatic rings. The van der Waals surface area contributed by atoms with Gasteiger partial charge in [-0.1, -0.05) is 11.6 Å². The molecule has 1 aromatic carbocycles. The van der Waals surface area contributed by atoms with E-state index in [1.165, 1.54) is 6.07 Å². The van der Waals surface area contributed by atoms with Gasteiger partial charge in [-0.3, -0.25) is 9.52 Å². The van der Waals surface area contributed by atoms with Crippen LogP contribution in [0.15, 0.2) is 29.8 Å². The average Bonchev–Trinajstić information content (AvgIpc) is 2.46. The Balaban J connectivity index is 2.13. The predicted octanol–water partition coefficient (Wildman–Crippen LogP) is 0.847. The third-order valence-electron chi connectivity index (χ3n) is 3.16. The zero-order chi connectivity index (χ0) is 16.2. The number of rotatable bonds is 5. The fourth-order valence-corrected chi connectivity index (χ4v) is 2.69. The maximum atomic E-state index is 13.4. The Labute approximate surface area is 128 Å². The van der Waals surface area contributed by atoms with Crippen LogP contribution in [0.1, 0.15) is 16.8 Å². The number of nitrogens with one attached hydrogen (secondary N) is 3. The van der Waals surface area contributed by atoms with Crippen molar-refractivity contribution in [2.24, 2.45) is 0 Å². The van der Waals surface area contributed by atoms with Crippen LogP contribution in [0, 0.1) is 5.82 Å². The quantitative estimate of drug-likeness (QED) is 0.700. The third kappa shape index (κ3) is 4.81. The highest BCUT2D eigenvalue weighted by Gasteiger charge is 2.15. The second kappa shape index (κ2) is 6.89. The summed E-state index contributed by atoms with van der Waals surface area (Å²) in [6.07, 6.45) is 3.79. The number of carbonyl (C=O) groups is 1. The third-order valence-corrected chi connectivity index (χ3v) is 3.75. The molecular weight excluding hydrogens is 309 g/mol. The largest absolute Gasteiger partial charge is 0.348 e. The monoisotopic (exact) mass is 327 g/mol. The minimum atomic E-state index is -3.55.